The van der Waals surface area contributed by atoms with E-state index in [2.05, 4.69) is 130 Å². The molecular formula is C32H17Br4N3O2S2. The van der Waals surface area contributed by atoms with E-state index in [1.165, 1.54) is 23.0 Å². The zero-order valence-corrected chi connectivity index (χ0v) is 30.0. The number of benzene rings is 3. The number of aromatic nitrogens is 2. The summed E-state index contributed by atoms with van der Waals surface area (Å²) in [6.45, 7) is 2.08. The minimum Gasteiger partial charge on any atom is -0.477 e. The maximum absolute atomic E-state index is 11.4. The van der Waals surface area contributed by atoms with Gasteiger partial charge >= 0.3 is 5.97 Å². The molecule has 6 rings (SSSR count). The molecule has 3 heterocycles. The first-order chi connectivity index (χ1) is 20.7. The predicted molar refractivity (Wildman–Crippen MR) is 190 cm³/mol. The van der Waals surface area contributed by atoms with Gasteiger partial charge in [0.25, 0.3) is 0 Å². The lowest BCUT2D eigenvalue weighted by molar-refractivity contribution is -0.132. The molecule has 0 radical (unpaired) electrons. The van der Waals surface area contributed by atoms with Crippen molar-refractivity contribution in [1.82, 2.24) is 9.55 Å². The van der Waals surface area contributed by atoms with E-state index in [0.29, 0.717) is 9.35 Å². The predicted octanol–water partition coefficient (Wildman–Crippen LogP) is 11.5. The van der Waals surface area contributed by atoms with Gasteiger partial charge in [0.15, 0.2) is 0 Å². The van der Waals surface area contributed by atoms with Crippen LogP contribution in [0.1, 0.15) is 10.4 Å². The maximum atomic E-state index is 11.4. The summed E-state index contributed by atoms with van der Waals surface area (Å²) in [7, 11) is 0. The number of halogens is 4. The fourth-order valence-corrected chi connectivity index (χ4v) is 10.2. The number of thiophene rings is 2. The highest BCUT2D eigenvalue weighted by atomic mass is 79.9. The summed E-state index contributed by atoms with van der Waals surface area (Å²) >= 11 is 17.8. The summed E-state index contributed by atoms with van der Waals surface area (Å²) in [5.41, 5.74) is 5.95. The van der Waals surface area contributed by atoms with Crippen molar-refractivity contribution in [2.75, 3.05) is 0 Å². The number of nitrogens with zero attached hydrogens (tertiary/aromatic N) is 3. The molecule has 0 saturated heterocycles. The first kappa shape index (κ1) is 30.2. The van der Waals surface area contributed by atoms with Crippen molar-refractivity contribution < 1.29 is 9.90 Å². The number of fused-ring (bicyclic) bond motifs is 1. The van der Waals surface area contributed by atoms with E-state index in [1.807, 2.05) is 18.2 Å². The molecule has 3 aromatic carbocycles. The van der Waals surface area contributed by atoms with Crippen LogP contribution in [0.25, 0.3) is 54.4 Å². The molecule has 0 spiro atoms. The van der Waals surface area contributed by atoms with Crippen LogP contribution >= 0.6 is 86.4 Å². The zero-order valence-electron chi connectivity index (χ0n) is 22.0. The minimum absolute atomic E-state index is 0.330. The number of carboxylic acid groups (broad SMARTS) is 1. The molecule has 5 nitrogen and oxygen atoms in total. The molecular weight excluding hydrogens is 842 g/mol. The van der Waals surface area contributed by atoms with Gasteiger partial charge in [0.05, 0.1) is 43.6 Å². The van der Waals surface area contributed by atoms with Gasteiger partial charge in [0, 0.05) is 16.1 Å². The molecule has 0 amide bonds. The van der Waals surface area contributed by atoms with Crippen LogP contribution in [0.4, 0.5) is 0 Å². The summed E-state index contributed by atoms with van der Waals surface area (Å²) in [6.07, 6.45) is 1.38. The Bertz CT molecular complexity index is 2120. The molecule has 43 heavy (non-hydrogen) atoms. The van der Waals surface area contributed by atoms with Crippen molar-refractivity contribution in [2.45, 2.75) is 6.92 Å². The van der Waals surface area contributed by atoms with Gasteiger partial charge in [-0.1, -0.05) is 54.1 Å². The lowest BCUT2D eigenvalue weighted by atomic mass is 10.1. The van der Waals surface area contributed by atoms with E-state index in [1.54, 1.807) is 17.4 Å². The van der Waals surface area contributed by atoms with E-state index in [-0.39, 0.29) is 5.57 Å². The Morgan fingerprint density at radius 1 is 0.837 bits per heavy atom. The van der Waals surface area contributed by atoms with E-state index in [0.717, 1.165) is 61.7 Å². The van der Waals surface area contributed by atoms with E-state index in [9.17, 15) is 15.2 Å². The lowest BCUT2D eigenvalue weighted by Crippen LogP contribution is -1.97. The molecule has 212 valence electrons. The number of nitriles is 1. The average Bonchev–Trinajstić information content (AvgIpc) is 3.63. The standard InChI is InChI=1S/C32H17Br4N3O2S2/c1-16-6-12-20(13-7-16)39-22-5-3-2-4-21(22)38-31(39)18-10-8-17(9-11-18)28-26(35)27(36)30(43-28)29-25(34)24(33)23(42-29)14-19(15-37)32(40)41/h2-14H,1H3,(H,40,41)/b19-14-. The average molecular weight is 859 g/mol. The van der Waals surface area contributed by atoms with Crippen LogP contribution in [0.2, 0.25) is 0 Å². The SMILES string of the molecule is Cc1ccc(-n2c(-c3ccc(-c4sc(-c5sc(/C=C(/C#N)C(=O)O)c(Br)c5Br)c(Br)c4Br)cc3)nc3ccccc32)cc1. The number of carboxylic acids is 1. The Morgan fingerprint density at radius 3 is 2.12 bits per heavy atom. The lowest BCUT2D eigenvalue weighted by Gasteiger charge is -2.10. The van der Waals surface area contributed by atoms with Gasteiger partial charge in [0.2, 0.25) is 0 Å². The summed E-state index contributed by atoms with van der Waals surface area (Å²) in [4.78, 5) is 20.0. The molecule has 0 aliphatic heterocycles. The largest absolute Gasteiger partial charge is 0.477 e. The summed E-state index contributed by atoms with van der Waals surface area (Å²) < 4.78 is 5.49. The molecule has 0 atom stereocenters. The van der Waals surface area contributed by atoms with Crippen LogP contribution in [0.3, 0.4) is 0 Å². The van der Waals surface area contributed by atoms with Crippen LogP contribution < -0.4 is 0 Å². The van der Waals surface area contributed by atoms with Crippen molar-refractivity contribution in [2.24, 2.45) is 0 Å². The Labute approximate surface area is 288 Å². The van der Waals surface area contributed by atoms with Gasteiger partial charge in [-0.2, -0.15) is 5.26 Å². The molecule has 0 saturated carbocycles. The number of aliphatic carboxylic acids is 1. The van der Waals surface area contributed by atoms with Gasteiger partial charge in [-0.15, -0.1) is 22.7 Å². The molecule has 3 aromatic heterocycles. The molecule has 0 fully saturated rings. The van der Waals surface area contributed by atoms with Crippen molar-refractivity contribution in [1.29, 1.82) is 5.26 Å². The molecule has 6 aromatic rings. The minimum atomic E-state index is -1.26. The van der Waals surface area contributed by atoms with E-state index < -0.39 is 5.97 Å². The maximum Gasteiger partial charge on any atom is 0.346 e. The number of para-hydroxylation sites is 2. The topological polar surface area (TPSA) is 78.9 Å². The number of carbonyl (C=O) groups is 1. The zero-order chi connectivity index (χ0) is 30.4. The molecule has 0 unspecified atom stereocenters. The number of hydrogen-bond acceptors (Lipinski definition) is 5. The number of hydrogen-bond donors (Lipinski definition) is 1. The van der Waals surface area contributed by atoms with Crippen LogP contribution in [-0.4, -0.2) is 20.6 Å². The quantitative estimate of drug-likeness (QED) is 0.134. The van der Waals surface area contributed by atoms with Gasteiger partial charge < -0.3 is 5.11 Å². The van der Waals surface area contributed by atoms with E-state index in [4.69, 9.17) is 4.98 Å². The smallest absolute Gasteiger partial charge is 0.346 e. The summed E-state index contributed by atoms with van der Waals surface area (Å²) in [5.74, 6) is -0.393. The third kappa shape index (κ3) is 5.61. The second kappa shape index (κ2) is 12.3. The normalized spacial score (nSPS) is 11.7. The van der Waals surface area contributed by atoms with E-state index >= 15 is 0 Å². The third-order valence-electron chi connectivity index (χ3n) is 6.71. The number of imidazole rings is 1. The van der Waals surface area contributed by atoms with Gasteiger partial charge in [-0.25, -0.2) is 9.78 Å². The van der Waals surface area contributed by atoms with Crippen LogP contribution in [0, 0.1) is 18.3 Å². The van der Waals surface area contributed by atoms with Crippen molar-refractivity contribution in [3.8, 4) is 43.3 Å². The van der Waals surface area contributed by atoms with Crippen LogP contribution in [-0.2, 0) is 4.79 Å². The second-order valence-electron chi connectivity index (χ2n) is 9.46. The van der Waals surface area contributed by atoms with Gasteiger partial charge in [-0.05, 0) is 107 Å². The first-order valence-corrected chi connectivity index (χ1v) is 17.4. The van der Waals surface area contributed by atoms with Crippen LogP contribution in [0.15, 0.2) is 96.3 Å². The molecule has 0 aliphatic rings. The highest BCUT2D eigenvalue weighted by Crippen LogP contribution is 2.54. The first-order valence-electron chi connectivity index (χ1n) is 12.6. The van der Waals surface area contributed by atoms with Crippen LogP contribution in [0.5, 0.6) is 0 Å². The van der Waals surface area contributed by atoms with Gasteiger partial charge in [-0.3, -0.25) is 4.57 Å². The van der Waals surface area contributed by atoms with Crippen molar-refractivity contribution in [3.63, 3.8) is 0 Å². The summed E-state index contributed by atoms with van der Waals surface area (Å²) in [6, 6.07) is 26.7. The molecule has 0 bridgehead atoms. The second-order valence-corrected chi connectivity index (χ2v) is 14.7. The van der Waals surface area contributed by atoms with Crippen molar-refractivity contribution in [3.05, 3.63) is 107 Å². The molecule has 11 heteroatoms. The number of aryl methyl sites for hydroxylation is 1. The Balaban J connectivity index is 1.40. The summed E-state index contributed by atoms with van der Waals surface area (Å²) in [5, 5.41) is 18.5. The molecule has 0 aliphatic carbocycles. The highest BCUT2D eigenvalue weighted by Gasteiger charge is 2.24. The Hall–Kier alpha value is -2.85. The fourth-order valence-electron chi connectivity index (χ4n) is 4.59. The monoisotopic (exact) mass is 855 g/mol. The highest BCUT2D eigenvalue weighted by molar-refractivity contribution is 9.13. The van der Waals surface area contributed by atoms with Crippen molar-refractivity contribution >= 4 is 109 Å². The molecule has 1 N–H and O–H groups in total. The fraction of sp³-hybridized carbons (Fsp3) is 0.0312. The number of rotatable bonds is 6. The van der Waals surface area contributed by atoms with Gasteiger partial charge in [0.1, 0.15) is 17.5 Å². The Kier molecular flexibility index (Phi) is 8.61. The Morgan fingerprint density at radius 2 is 1.44 bits per heavy atom. The third-order valence-corrected chi connectivity index (χ3v) is 14.6.